The largest absolute Gasteiger partial charge is 0.307 e. The molecule has 0 saturated carbocycles. The van der Waals surface area contributed by atoms with E-state index in [-0.39, 0.29) is 18.9 Å². The smallest absolute Gasteiger partial charge is 0.287 e. The number of aromatic nitrogens is 1. The molecule has 2 aliphatic rings. The van der Waals surface area contributed by atoms with Gasteiger partial charge < -0.3 is 0 Å². The van der Waals surface area contributed by atoms with Crippen molar-refractivity contribution in [3.8, 4) is 0 Å². The minimum Gasteiger partial charge on any atom is -0.287 e. The van der Waals surface area contributed by atoms with Crippen molar-refractivity contribution in [2.75, 3.05) is 11.4 Å². The number of carbonyl (C=O) groups excluding carboxylic acids is 1. The molecule has 104 valence electrons. The van der Waals surface area contributed by atoms with E-state index in [1.807, 2.05) is 0 Å². The quantitative estimate of drug-likeness (QED) is 0.775. The molecule has 5 nitrogen and oxygen atoms in total. The van der Waals surface area contributed by atoms with Crippen molar-refractivity contribution in [2.24, 2.45) is 0 Å². The third-order valence-electron chi connectivity index (χ3n) is 3.55. The molecule has 0 aromatic carbocycles. The molecule has 1 aliphatic carbocycles. The predicted octanol–water partition coefficient (Wildman–Crippen LogP) is 1.43. The van der Waals surface area contributed by atoms with Crippen LogP contribution in [-0.2, 0) is 27.9 Å². The van der Waals surface area contributed by atoms with Gasteiger partial charge in [-0.05, 0) is 25.7 Å². The number of anilines is 1. The summed E-state index contributed by atoms with van der Waals surface area (Å²) in [4.78, 5) is 18.7. The van der Waals surface area contributed by atoms with Gasteiger partial charge in [0.1, 0.15) is 5.25 Å². The molecule has 1 atom stereocenters. The molecule has 0 spiro atoms. The van der Waals surface area contributed by atoms with Gasteiger partial charge in [-0.2, -0.15) is 8.42 Å². The topological polar surface area (TPSA) is 67.3 Å². The number of aryl methyl sites for hydroxylation is 2. The summed E-state index contributed by atoms with van der Waals surface area (Å²) in [7, 11) is -4.66. The van der Waals surface area contributed by atoms with Crippen molar-refractivity contribution in [2.45, 2.75) is 37.4 Å². The fraction of sp³-hybridized carbons (Fsp3) is 0.636. The lowest BCUT2D eigenvalue weighted by molar-refractivity contribution is -0.117. The highest BCUT2D eigenvalue weighted by Crippen LogP contribution is 2.34. The SMILES string of the molecule is O=C1CC(S(=O)(=O)F)CN1c1nc2c(s1)CCCC2. The maximum absolute atomic E-state index is 13.0. The first-order valence-corrected chi connectivity index (χ1v) is 8.44. The molecule has 1 aliphatic heterocycles. The lowest BCUT2D eigenvalue weighted by Gasteiger charge is -2.11. The second-order valence-corrected chi connectivity index (χ2v) is 7.56. The van der Waals surface area contributed by atoms with Gasteiger partial charge in [0.25, 0.3) is 0 Å². The van der Waals surface area contributed by atoms with Crippen LogP contribution in [0.5, 0.6) is 0 Å². The van der Waals surface area contributed by atoms with Crippen molar-refractivity contribution in [3.63, 3.8) is 0 Å². The van der Waals surface area contributed by atoms with Gasteiger partial charge in [-0.1, -0.05) is 0 Å². The van der Waals surface area contributed by atoms with Crippen molar-refractivity contribution in [3.05, 3.63) is 10.6 Å². The Morgan fingerprint density at radius 2 is 2.05 bits per heavy atom. The molecule has 0 bridgehead atoms. The Morgan fingerprint density at radius 1 is 1.32 bits per heavy atom. The van der Waals surface area contributed by atoms with Gasteiger partial charge in [-0.3, -0.25) is 9.69 Å². The van der Waals surface area contributed by atoms with Crippen molar-refractivity contribution < 1.29 is 17.1 Å². The summed E-state index contributed by atoms with van der Waals surface area (Å²) in [6.07, 6.45) is 3.78. The third kappa shape index (κ3) is 2.38. The minimum atomic E-state index is -4.66. The maximum Gasteiger partial charge on any atom is 0.307 e. The number of halogens is 1. The first-order valence-electron chi connectivity index (χ1n) is 6.17. The van der Waals surface area contributed by atoms with Gasteiger partial charge >= 0.3 is 10.2 Å². The molecule has 1 unspecified atom stereocenters. The molecule has 1 aromatic heterocycles. The van der Waals surface area contributed by atoms with E-state index in [4.69, 9.17) is 0 Å². The first kappa shape index (κ1) is 13.0. The van der Waals surface area contributed by atoms with Crippen molar-refractivity contribution in [1.82, 2.24) is 4.98 Å². The fourth-order valence-electron chi connectivity index (χ4n) is 2.50. The molecule has 1 fully saturated rings. The van der Waals surface area contributed by atoms with Crippen LogP contribution in [0, 0.1) is 0 Å². The Morgan fingerprint density at radius 3 is 2.68 bits per heavy atom. The average Bonchev–Trinajstić information content (AvgIpc) is 2.90. The molecular formula is C11H13FN2O3S2. The van der Waals surface area contributed by atoms with Crippen LogP contribution < -0.4 is 4.90 Å². The maximum atomic E-state index is 13.0. The number of nitrogens with zero attached hydrogens (tertiary/aromatic N) is 2. The zero-order valence-corrected chi connectivity index (χ0v) is 11.8. The molecule has 19 heavy (non-hydrogen) atoms. The molecule has 0 radical (unpaired) electrons. The number of rotatable bonds is 2. The van der Waals surface area contributed by atoms with Gasteiger partial charge in [0, 0.05) is 17.8 Å². The molecule has 8 heteroatoms. The second kappa shape index (κ2) is 4.52. The Kier molecular flexibility index (Phi) is 3.09. The van der Waals surface area contributed by atoms with Crippen LogP contribution in [-0.4, -0.2) is 31.1 Å². The number of thiazole rings is 1. The Bertz CT molecular complexity index is 602. The van der Waals surface area contributed by atoms with E-state index in [9.17, 15) is 17.1 Å². The standard InChI is InChI=1S/C11H13FN2O3S2/c12-19(16,17)7-5-10(15)14(6-7)11-13-8-3-1-2-4-9(8)18-11/h7H,1-6H2. The summed E-state index contributed by atoms with van der Waals surface area (Å²) < 4.78 is 34.7. The van der Waals surface area contributed by atoms with Crippen molar-refractivity contribution >= 4 is 32.6 Å². The highest BCUT2D eigenvalue weighted by molar-refractivity contribution is 7.87. The number of amides is 1. The molecule has 0 N–H and O–H groups in total. The van der Waals surface area contributed by atoms with E-state index in [1.54, 1.807) is 0 Å². The molecule has 1 aromatic rings. The summed E-state index contributed by atoms with van der Waals surface area (Å²) in [5.41, 5.74) is 1.01. The third-order valence-corrected chi connectivity index (χ3v) is 5.85. The Balaban J connectivity index is 1.87. The average molecular weight is 304 g/mol. The molecule has 2 heterocycles. The molecule has 1 saturated heterocycles. The van der Waals surface area contributed by atoms with E-state index in [2.05, 4.69) is 4.98 Å². The highest BCUT2D eigenvalue weighted by atomic mass is 32.3. The van der Waals surface area contributed by atoms with E-state index in [1.165, 1.54) is 21.1 Å². The van der Waals surface area contributed by atoms with Crippen LogP contribution in [0.4, 0.5) is 9.02 Å². The fourth-order valence-corrected chi connectivity index (χ4v) is 4.35. The van der Waals surface area contributed by atoms with Crippen LogP contribution in [0.1, 0.15) is 29.8 Å². The van der Waals surface area contributed by atoms with Gasteiger partial charge in [0.05, 0.1) is 5.69 Å². The molecule has 1 amide bonds. The van der Waals surface area contributed by atoms with Crippen LogP contribution in [0.25, 0.3) is 0 Å². The van der Waals surface area contributed by atoms with E-state index in [0.717, 1.165) is 31.4 Å². The first-order chi connectivity index (χ1) is 8.95. The van der Waals surface area contributed by atoms with Crippen LogP contribution in [0.15, 0.2) is 0 Å². The monoisotopic (exact) mass is 304 g/mol. The number of fused-ring (bicyclic) bond motifs is 1. The van der Waals surface area contributed by atoms with Gasteiger partial charge in [0.15, 0.2) is 5.13 Å². The van der Waals surface area contributed by atoms with E-state index >= 15 is 0 Å². The van der Waals surface area contributed by atoms with Crippen LogP contribution in [0.3, 0.4) is 0 Å². The van der Waals surface area contributed by atoms with Gasteiger partial charge in [-0.15, -0.1) is 15.2 Å². The second-order valence-electron chi connectivity index (χ2n) is 4.88. The van der Waals surface area contributed by atoms with Gasteiger partial charge in [0.2, 0.25) is 5.91 Å². The lowest BCUT2D eigenvalue weighted by atomic mass is 10.0. The summed E-state index contributed by atoms with van der Waals surface area (Å²) >= 11 is 1.43. The summed E-state index contributed by atoms with van der Waals surface area (Å²) in [5, 5.41) is -0.732. The van der Waals surface area contributed by atoms with Crippen LogP contribution in [0.2, 0.25) is 0 Å². The van der Waals surface area contributed by atoms with Crippen LogP contribution >= 0.6 is 11.3 Å². The van der Waals surface area contributed by atoms with Gasteiger partial charge in [-0.25, -0.2) is 4.98 Å². The Hall–Kier alpha value is -1.02. The molecular weight excluding hydrogens is 291 g/mol. The normalized spacial score (nSPS) is 23.7. The predicted molar refractivity (Wildman–Crippen MR) is 69.5 cm³/mol. The zero-order valence-electron chi connectivity index (χ0n) is 10.1. The van der Waals surface area contributed by atoms with Crippen molar-refractivity contribution in [1.29, 1.82) is 0 Å². The number of carbonyl (C=O) groups is 1. The van der Waals surface area contributed by atoms with E-state index in [0.29, 0.717) is 5.13 Å². The summed E-state index contributed by atoms with van der Waals surface area (Å²) in [6, 6.07) is 0. The zero-order chi connectivity index (χ0) is 13.6. The number of hydrogen-bond acceptors (Lipinski definition) is 5. The number of hydrogen-bond donors (Lipinski definition) is 0. The minimum absolute atomic E-state index is 0.121. The van der Waals surface area contributed by atoms with E-state index < -0.39 is 15.5 Å². The molecule has 3 rings (SSSR count). The lowest BCUT2D eigenvalue weighted by Crippen LogP contribution is -2.26. The Labute approximate surface area is 114 Å². The summed E-state index contributed by atoms with van der Waals surface area (Å²) in [6.45, 7) is -0.121. The highest BCUT2D eigenvalue weighted by Gasteiger charge is 2.40. The summed E-state index contributed by atoms with van der Waals surface area (Å²) in [5.74, 6) is -0.364.